The van der Waals surface area contributed by atoms with Crippen LogP contribution in [-0.2, 0) is 4.74 Å². The average Bonchev–Trinajstić information content (AvgIpc) is 2.84. The Kier molecular flexibility index (Phi) is 5.99. The summed E-state index contributed by atoms with van der Waals surface area (Å²) in [6, 6.07) is 0.683. The zero-order valence-electron chi connectivity index (χ0n) is 15.8. The molecule has 2 rings (SSSR count). The smallest absolute Gasteiger partial charge is 0.410 e. The molecule has 1 heterocycles. The quantitative estimate of drug-likeness (QED) is 0.843. The van der Waals surface area contributed by atoms with Gasteiger partial charge in [0.05, 0.1) is 0 Å². The molecule has 1 aliphatic carbocycles. The molecule has 23 heavy (non-hydrogen) atoms. The third kappa shape index (κ3) is 6.33. The first-order valence-electron chi connectivity index (χ1n) is 9.36. The lowest BCUT2D eigenvalue weighted by Gasteiger charge is -2.35. The molecule has 1 aliphatic heterocycles. The Morgan fingerprint density at radius 3 is 2.70 bits per heavy atom. The van der Waals surface area contributed by atoms with Gasteiger partial charge in [-0.3, -0.25) is 0 Å². The van der Waals surface area contributed by atoms with Gasteiger partial charge in [0.2, 0.25) is 0 Å². The monoisotopic (exact) mass is 324 g/mol. The Labute approximate surface area is 142 Å². The van der Waals surface area contributed by atoms with Crippen LogP contribution in [0.4, 0.5) is 4.79 Å². The lowest BCUT2D eigenvalue weighted by atomic mass is 9.75. The molecule has 2 aliphatic rings. The van der Waals surface area contributed by atoms with E-state index in [4.69, 9.17) is 4.74 Å². The van der Waals surface area contributed by atoms with Crippen LogP contribution in [0.15, 0.2) is 0 Å². The van der Waals surface area contributed by atoms with Crippen molar-refractivity contribution in [1.82, 2.24) is 10.2 Å². The zero-order chi connectivity index (χ0) is 17.1. The standard InChI is InChI=1S/C19H36N2O2/c1-18(2,3)23-17(22)21-12-9-15(14-21)8-11-20-16-7-6-10-19(4,5)13-16/h15-16,20H,6-14H2,1-5H3. The molecule has 1 amide bonds. The molecule has 134 valence electrons. The molecule has 1 N–H and O–H groups in total. The molecule has 0 bridgehead atoms. The molecule has 2 fully saturated rings. The minimum absolute atomic E-state index is 0.151. The van der Waals surface area contributed by atoms with Crippen LogP contribution >= 0.6 is 0 Å². The molecule has 0 aromatic carbocycles. The Morgan fingerprint density at radius 2 is 2.04 bits per heavy atom. The van der Waals surface area contributed by atoms with Crippen LogP contribution in [0.25, 0.3) is 0 Å². The number of hydrogen-bond acceptors (Lipinski definition) is 3. The van der Waals surface area contributed by atoms with Gasteiger partial charge >= 0.3 is 6.09 Å². The zero-order valence-corrected chi connectivity index (χ0v) is 15.8. The molecule has 1 saturated carbocycles. The number of carbonyl (C=O) groups excluding carboxylic acids is 1. The third-order valence-electron chi connectivity index (χ3n) is 5.13. The molecule has 0 aromatic rings. The molecular formula is C19H36N2O2. The van der Waals surface area contributed by atoms with Crippen LogP contribution in [-0.4, -0.2) is 42.3 Å². The summed E-state index contributed by atoms with van der Waals surface area (Å²) < 4.78 is 5.46. The van der Waals surface area contributed by atoms with Crippen molar-refractivity contribution in [3.63, 3.8) is 0 Å². The van der Waals surface area contributed by atoms with Gasteiger partial charge in [-0.1, -0.05) is 20.3 Å². The number of hydrogen-bond donors (Lipinski definition) is 1. The van der Waals surface area contributed by atoms with Crippen LogP contribution in [0.3, 0.4) is 0 Å². The number of rotatable bonds is 4. The normalized spacial score (nSPS) is 28.0. The highest BCUT2D eigenvalue weighted by molar-refractivity contribution is 5.68. The summed E-state index contributed by atoms with van der Waals surface area (Å²) in [5, 5.41) is 3.75. The van der Waals surface area contributed by atoms with Crippen LogP contribution in [0.5, 0.6) is 0 Å². The van der Waals surface area contributed by atoms with Gasteiger partial charge in [0.25, 0.3) is 0 Å². The van der Waals surface area contributed by atoms with Gasteiger partial charge in [0, 0.05) is 19.1 Å². The van der Waals surface area contributed by atoms with Crippen LogP contribution in [0, 0.1) is 11.3 Å². The van der Waals surface area contributed by atoms with Gasteiger partial charge in [-0.25, -0.2) is 4.79 Å². The van der Waals surface area contributed by atoms with Gasteiger partial charge in [0.1, 0.15) is 5.60 Å². The number of ether oxygens (including phenoxy) is 1. The summed E-state index contributed by atoms with van der Waals surface area (Å²) in [6.45, 7) is 13.3. The fourth-order valence-corrected chi connectivity index (χ4v) is 3.92. The highest BCUT2D eigenvalue weighted by atomic mass is 16.6. The summed E-state index contributed by atoms with van der Waals surface area (Å²) >= 11 is 0. The summed E-state index contributed by atoms with van der Waals surface area (Å²) in [7, 11) is 0. The number of likely N-dealkylation sites (tertiary alicyclic amines) is 1. The van der Waals surface area contributed by atoms with Gasteiger partial charge in [-0.15, -0.1) is 0 Å². The number of carbonyl (C=O) groups is 1. The van der Waals surface area contributed by atoms with E-state index in [1.807, 2.05) is 25.7 Å². The summed E-state index contributed by atoms with van der Waals surface area (Å²) in [4.78, 5) is 14.0. The molecule has 0 spiro atoms. The van der Waals surface area contributed by atoms with E-state index in [0.29, 0.717) is 17.4 Å². The van der Waals surface area contributed by atoms with Crippen molar-refractivity contribution in [2.24, 2.45) is 11.3 Å². The van der Waals surface area contributed by atoms with Crippen LogP contribution < -0.4 is 5.32 Å². The maximum atomic E-state index is 12.1. The van der Waals surface area contributed by atoms with Crippen molar-refractivity contribution in [2.45, 2.75) is 84.8 Å². The molecule has 2 unspecified atom stereocenters. The number of nitrogens with zero attached hydrogens (tertiary/aromatic N) is 1. The van der Waals surface area contributed by atoms with Crippen molar-refractivity contribution >= 4 is 6.09 Å². The van der Waals surface area contributed by atoms with E-state index in [9.17, 15) is 4.79 Å². The van der Waals surface area contributed by atoms with Crippen molar-refractivity contribution < 1.29 is 9.53 Å². The van der Waals surface area contributed by atoms with E-state index in [1.54, 1.807) is 0 Å². The molecular weight excluding hydrogens is 288 g/mol. The van der Waals surface area contributed by atoms with Crippen molar-refractivity contribution in [3.05, 3.63) is 0 Å². The summed E-state index contributed by atoms with van der Waals surface area (Å²) in [5.41, 5.74) is 0.0985. The second-order valence-corrected chi connectivity index (χ2v) is 9.28. The molecule has 2 atom stereocenters. The van der Waals surface area contributed by atoms with Crippen molar-refractivity contribution in [3.8, 4) is 0 Å². The minimum atomic E-state index is -0.398. The first-order chi connectivity index (χ1) is 10.6. The van der Waals surface area contributed by atoms with Crippen LogP contribution in [0.2, 0.25) is 0 Å². The summed E-state index contributed by atoms with van der Waals surface area (Å²) in [6.07, 6.45) is 7.44. The lowest BCUT2D eigenvalue weighted by Crippen LogP contribution is -2.38. The Hall–Kier alpha value is -0.770. The third-order valence-corrected chi connectivity index (χ3v) is 5.13. The average molecular weight is 325 g/mol. The van der Waals surface area contributed by atoms with E-state index in [0.717, 1.165) is 32.5 Å². The fourth-order valence-electron chi connectivity index (χ4n) is 3.92. The molecule has 1 saturated heterocycles. The van der Waals surface area contributed by atoms with E-state index < -0.39 is 5.60 Å². The molecule has 0 radical (unpaired) electrons. The highest BCUT2D eigenvalue weighted by Crippen LogP contribution is 2.35. The predicted molar refractivity (Wildman–Crippen MR) is 94.6 cm³/mol. The number of nitrogens with one attached hydrogen (secondary N) is 1. The van der Waals surface area contributed by atoms with Gasteiger partial charge in [0.15, 0.2) is 0 Å². The van der Waals surface area contributed by atoms with Crippen molar-refractivity contribution in [2.75, 3.05) is 19.6 Å². The van der Waals surface area contributed by atoms with Gasteiger partial charge in [-0.2, -0.15) is 0 Å². The van der Waals surface area contributed by atoms with Gasteiger partial charge < -0.3 is 15.0 Å². The topological polar surface area (TPSA) is 41.6 Å². The van der Waals surface area contributed by atoms with Crippen molar-refractivity contribution in [1.29, 1.82) is 0 Å². The van der Waals surface area contributed by atoms with E-state index in [1.165, 1.54) is 25.7 Å². The fraction of sp³-hybridized carbons (Fsp3) is 0.947. The van der Waals surface area contributed by atoms with E-state index in [2.05, 4.69) is 19.2 Å². The largest absolute Gasteiger partial charge is 0.444 e. The molecule has 0 aromatic heterocycles. The first-order valence-corrected chi connectivity index (χ1v) is 9.36. The predicted octanol–water partition coefficient (Wildman–Crippen LogP) is 4.19. The minimum Gasteiger partial charge on any atom is -0.444 e. The van der Waals surface area contributed by atoms with Gasteiger partial charge in [-0.05, 0) is 70.8 Å². The second-order valence-electron chi connectivity index (χ2n) is 9.28. The maximum Gasteiger partial charge on any atom is 0.410 e. The Bertz CT molecular complexity index is 401. The Morgan fingerprint density at radius 1 is 1.30 bits per heavy atom. The maximum absolute atomic E-state index is 12.1. The highest BCUT2D eigenvalue weighted by Gasteiger charge is 2.30. The first kappa shape index (κ1) is 18.6. The van der Waals surface area contributed by atoms with E-state index in [-0.39, 0.29) is 6.09 Å². The Balaban J connectivity index is 1.65. The lowest BCUT2D eigenvalue weighted by molar-refractivity contribution is 0.0287. The molecule has 4 nitrogen and oxygen atoms in total. The molecule has 4 heteroatoms. The SMILES string of the molecule is CC1(C)CCCC(NCCC2CCN(C(=O)OC(C)(C)C)C2)C1. The van der Waals surface area contributed by atoms with E-state index >= 15 is 0 Å². The second kappa shape index (κ2) is 7.42. The van der Waals surface area contributed by atoms with Crippen LogP contribution in [0.1, 0.15) is 73.1 Å². The number of amides is 1. The summed E-state index contributed by atoms with van der Waals surface area (Å²) in [5.74, 6) is 0.617.